The quantitative estimate of drug-likeness (QED) is 0.790. The standard InChI is InChI=1S/C14H10N2O2S/c17-14(12-7-4-8-19-12)15-13-9-11(16-18-13)10-5-2-1-3-6-10/h1-9H,(H,15,17). The van der Waals surface area contributed by atoms with E-state index < -0.39 is 0 Å². The monoisotopic (exact) mass is 270 g/mol. The third kappa shape index (κ3) is 2.56. The topological polar surface area (TPSA) is 55.1 Å². The largest absolute Gasteiger partial charge is 0.338 e. The van der Waals surface area contributed by atoms with Gasteiger partial charge >= 0.3 is 0 Å². The second-order valence-corrected chi connectivity index (χ2v) is 4.82. The lowest BCUT2D eigenvalue weighted by molar-refractivity contribution is 0.102. The second-order valence-electron chi connectivity index (χ2n) is 3.87. The molecular weight excluding hydrogens is 260 g/mol. The van der Waals surface area contributed by atoms with E-state index >= 15 is 0 Å². The molecule has 0 unspecified atom stereocenters. The summed E-state index contributed by atoms with van der Waals surface area (Å²) in [6.07, 6.45) is 0. The van der Waals surface area contributed by atoms with Crippen molar-refractivity contribution in [2.45, 2.75) is 0 Å². The van der Waals surface area contributed by atoms with Crippen LogP contribution in [0.25, 0.3) is 11.3 Å². The predicted octanol–water partition coefficient (Wildman–Crippen LogP) is 3.66. The lowest BCUT2D eigenvalue weighted by Crippen LogP contribution is -2.09. The number of hydrogen-bond acceptors (Lipinski definition) is 4. The van der Waals surface area contributed by atoms with Gasteiger partial charge in [0.05, 0.1) is 4.88 Å². The van der Waals surface area contributed by atoms with Gasteiger partial charge in [0.2, 0.25) is 5.88 Å². The molecule has 1 aromatic carbocycles. The van der Waals surface area contributed by atoms with E-state index in [1.165, 1.54) is 11.3 Å². The lowest BCUT2D eigenvalue weighted by Gasteiger charge is -1.96. The van der Waals surface area contributed by atoms with Gasteiger partial charge in [0.15, 0.2) is 0 Å². The third-order valence-electron chi connectivity index (χ3n) is 2.56. The molecule has 2 heterocycles. The third-order valence-corrected chi connectivity index (χ3v) is 3.43. The van der Waals surface area contributed by atoms with Gasteiger partial charge in [-0.05, 0) is 11.4 Å². The first-order valence-corrected chi connectivity index (χ1v) is 6.58. The average Bonchev–Trinajstić information content (AvgIpc) is 3.11. The summed E-state index contributed by atoms with van der Waals surface area (Å²) in [7, 11) is 0. The van der Waals surface area contributed by atoms with Crippen LogP contribution in [-0.2, 0) is 0 Å². The summed E-state index contributed by atoms with van der Waals surface area (Å²) in [5.41, 5.74) is 1.64. The average molecular weight is 270 g/mol. The highest BCUT2D eigenvalue weighted by Crippen LogP contribution is 2.22. The molecule has 0 bridgehead atoms. The van der Waals surface area contributed by atoms with Crippen molar-refractivity contribution in [1.29, 1.82) is 0 Å². The van der Waals surface area contributed by atoms with Crippen LogP contribution < -0.4 is 5.32 Å². The maximum absolute atomic E-state index is 11.8. The van der Waals surface area contributed by atoms with Gasteiger partial charge in [0.25, 0.3) is 5.91 Å². The van der Waals surface area contributed by atoms with E-state index in [0.29, 0.717) is 16.5 Å². The predicted molar refractivity (Wildman–Crippen MR) is 74.2 cm³/mol. The molecule has 1 amide bonds. The van der Waals surface area contributed by atoms with Crippen molar-refractivity contribution in [2.24, 2.45) is 0 Å². The number of carbonyl (C=O) groups excluding carboxylic acids is 1. The maximum Gasteiger partial charge on any atom is 0.268 e. The van der Waals surface area contributed by atoms with E-state index in [0.717, 1.165) is 5.56 Å². The molecule has 0 aliphatic heterocycles. The summed E-state index contributed by atoms with van der Waals surface area (Å²) in [6, 6.07) is 14.9. The molecule has 3 aromatic rings. The van der Waals surface area contributed by atoms with Crippen molar-refractivity contribution < 1.29 is 9.32 Å². The molecule has 4 nitrogen and oxygen atoms in total. The summed E-state index contributed by atoms with van der Waals surface area (Å²) in [4.78, 5) is 12.5. The summed E-state index contributed by atoms with van der Waals surface area (Å²) in [6.45, 7) is 0. The van der Waals surface area contributed by atoms with Gasteiger partial charge in [-0.25, -0.2) is 0 Å². The molecule has 2 aromatic heterocycles. The lowest BCUT2D eigenvalue weighted by atomic mass is 10.2. The van der Waals surface area contributed by atoms with Crippen molar-refractivity contribution in [3.8, 4) is 11.3 Å². The van der Waals surface area contributed by atoms with Crippen LogP contribution in [0.15, 0.2) is 58.4 Å². The molecule has 5 heteroatoms. The molecule has 0 saturated carbocycles. The maximum atomic E-state index is 11.8. The van der Waals surface area contributed by atoms with Gasteiger partial charge in [-0.2, -0.15) is 0 Å². The molecule has 0 atom stereocenters. The van der Waals surface area contributed by atoms with Gasteiger partial charge in [0.1, 0.15) is 5.69 Å². The summed E-state index contributed by atoms with van der Waals surface area (Å²) in [5.74, 6) is 0.156. The fraction of sp³-hybridized carbons (Fsp3) is 0. The fourth-order valence-electron chi connectivity index (χ4n) is 1.66. The molecule has 19 heavy (non-hydrogen) atoms. The molecular formula is C14H10N2O2S. The Morgan fingerprint density at radius 1 is 1.16 bits per heavy atom. The summed E-state index contributed by atoms with van der Waals surface area (Å²) >= 11 is 1.38. The van der Waals surface area contributed by atoms with Crippen LogP contribution >= 0.6 is 11.3 Å². The van der Waals surface area contributed by atoms with E-state index in [4.69, 9.17) is 4.52 Å². The minimum Gasteiger partial charge on any atom is -0.338 e. The highest BCUT2D eigenvalue weighted by atomic mass is 32.1. The second kappa shape index (κ2) is 5.07. The van der Waals surface area contributed by atoms with Gasteiger partial charge in [-0.3, -0.25) is 10.1 Å². The Hall–Kier alpha value is -2.40. The number of thiophene rings is 1. The molecule has 0 spiro atoms. The molecule has 3 rings (SSSR count). The number of carbonyl (C=O) groups is 1. The van der Waals surface area contributed by atoms with Crippen LogP contribution in [0.3, 0.4) is 0 Å². The van der Waals surface area contributed by atoms with Gasteiger partial charge in [-0.1, -0.05) is 41.6 Å². The van der Waals surface area contributed by atoms with Gasteiger partial charge in [-0.15, -0.1) is 11.3 Å². The van der Waals surface area contributed by atoms with E-state index in [1.807, 2.05) is 41.8 Å². The zero-order valence-corrected chi connectivity index (χ0v) is 10.7. The first-order chi connectivity index (χ1) is 9.33. The number of aromatic nitrogens is 1. The van der Waals surface area contributed by atoms with E-state index in [2.05, 4.69) is 10.5 Å². The Balaban J connectivity index is 1.77. The minimum absolute atomic E-state index is 0.189. The number of anilines is 1. The molecule has 94 valence electrons. The Bertz CT molecular complexity index is 675. The number of benzene rings is 1. The van der Waals surface area contributed by atoms with Crippen LogP contribution in [0, 0.1) is 0 Å². The molecule has 0 aliphatic rings. The molecule has 0 fully saturated rings. The summed E-state index contributed by atoms with van der Waals surface area (Å²) < 4.78 is 5.11. The Kier molecular flexibility index (Phi) is 3.12. The summed E-state index contributed by atoms with van der Waals surface area (Å²) in [5, 5.41) is 8.46. The molecule has 0 aliphatic carbocycles. The number of amides is 1. The Morgan fingerprint density at radius 2 is 2.00 bits per heavy atom. The van der Waals surface area contributed by atoms with Crippen LogP contribution in [0.4, 0.5) is 5.88 Å². The highest BCUT2D eigenvalue weighted by molar-refractivity contribution is 7.12. The highest BCUT2D eigenvalue weighted by Gasteiger charge is 2.11. The van der Waals surface area contributed by atoms with Crippen LogP contribution in [-0.4, -0.2) is 11.1 Å². The van der Waals surface area contributed by atoms with E-state index in [1.54, 1.807) is 12.1 Å². The SMILES string of the molecule is O=C(Nc1cc(-c2ccccc2)no1)c1cccs1. The number of nitrogens with one attached hydrogen (secondary N) is 1. The van der Waals surface area contributed by atoms with Crippen molar-refractivity contribution in [2.75, 3.05) is 5.32 Å². The van der Waals surface area contributed by atoms with Crippen LogP contribution in [0.1, 0.15) is 9.67 Å². The molecule has 0 saturated heterocycles. The van der Waals surface area contributed by atoms with Crippen molar-refractivity contribution in [3.63, 3.8) is 0 Å². The zero-order valence-electron chi connectivity index (χ0n) is 9.87. The van der Waals surface area contributed by atoms with Crippen molar-refractivity contribution >= 4 is 23.1 Å². The molecule has 0 radical (unpaired) electrons. The zero-order chi connectivity index (χ0) is 13.1. The smallest absolute Gasteiger partial charge is 0.268 e. The first kappa shape index (κ1) is 11.7. The molecule has 1 N–H and O–H groups in total. The van der Waals surface area contributed by atoms with Crippen LogP contribution in [0.5, 0.6) is 0 Å². The number of rotatable bonds is 3. The van der Waals surface area contributed by atoms with E-state index in [9.17, 15) is 4.79 Å². The minimum atomic E-state index is -0.189. The van der Waals surface area contributed by atoms with Crippen molar-refractivity contribution in [1.82, 2.24) is 5.16 Å². The first-order valence-electron chi connectivity index (χ1n) is 5.70. The number of nitrogens with zero attached hydrogens (tertiary/aromatic N) is 1. The Labute approximate surface area is 113 Å². The van der Waals surface area contributed by atoms with Gasteiger partial charge < -0.3 is 4.52 Å². The van der Waals surface area contributed by atoms with E-state index in [-0.39, 0.29) is 5.91 Å². The number of hydrogen-bond donors (Lipinski definition) is 1. The fourth-order valence-corrected chi connectivity index (χ4v) is 2.28. The normalized spacial score (nSPS) is 10.3. The van der Waals surface area contributed by atoms with Crippen LogP contribution in [0.2, 0.25) is 0 Å². The van der Waals surface area contributed by atoms with Crippen molar-refractivity contribution in [3.05, 3.63) is 58.8 Å². The Morgan fingerprint density at radius 3 is 2.74 bits per heavy atom. The van der Waals surface area contributed by atoms with Gasteiger partial charge in [0, 0.05) is 11.6 Å².